The highest BCUT2D eigenvalue weighted by molar-refractivity contribution is 9.10. The molecular formula is C24H23BrCl2N2O3S2. The normalized spacial score (nSPS) is 12.5. The fourth-order valence-corrected chi connectivity index (χ4v) is 5.76. The molecule has 0 saturated carbocycles. The molecule has 0 radical (unpaired) electrons. The van der Waals surface area contributed by atoms with Crippen LogP contribution in [-0.4, -0.2) is 31.4 Å². The van der Waals surface area contributed by atoms with E-state index in [4.69, 9.17) is 23.2 Å². The number of hydrogen-bond acceptors (Lipinski definition) is 4. The molecule has 0 fully saturated rings. The Hall–Kier alpha value is -1.55. The van der Waals surface area contributed by atoms with Gasteiger partial charge in [0.25, 0.3) is 0 Å². The van der Waals surface area contributed by atoms with Gasteiger partial charge in [-0.25, -0.2) is 8.42 Å². The molecule has 0 heterocycles. The first-order chi connectivity index (χ1) is 16.1. The lowest BCUT2D eigenvalue weighted by atomic mass is 10.1. The fourth-order valence-electron chi connectivity index (χ4n) is 3.24. The Balaban J connectivity index is 1.84. The van der Waals surface area contributed by atoms with Crippen LogP contribution in [0.5, 0.6) is 0 Å². The molecule has 1 N–H and O–H groups in total. The van der Waals surface area contributed by atoms with E-state index >= 15 is 0 Å². The number of rotatable bonds is 9. The van der Waals surface area contributed by atoms with Gasteiger partial charge in [0.1, 0.15) is 0 Å². The molecule has 5 nitrogen and oxygen atoms in total. The van der Waals surface area contributed by atoms with E-state index < -0.39 is 15.9 Å². The average molecular weight is 602 g/mol. The third-order valence-corrected chi connectivity index (χ3v) is 8.79. The number of carbonyl (C=O) groups excluding carboxylic acids is 1. The van der Waals surface area contributed by atoms with Crippen LogP contribution in [0.2, 0.25) is 10.0 Å². The van der Waals surface area contributed by atoms with Crippen molar-refractivity contribution in [3.63, 3.8) is 0 Å². The lowest BCUT2D eigenvalue weighted by Crippen LogP contribution is -2.41. The third kappa shape index (κ3) is 6.99. The van der Waals surface area contributed by atoms with Gasteiger partial charge in [-0.15, -0.1) is 11.8 Å². The average Bonchev–Trinajstić information content (AvgIpc) is 2.80. The number of sulfonamides is 1. The van der Waals surface area contributed by atoms with Crippen LogP contribution in [0.15, 0.2) is 81.0 Å². The Morgan fingerprint density at radius 1 is 1.06 bits per heavy atom. The molecule has 0 saturated heterocycles. The van der Waals surface area contributed by atoms with Gasteiger partial charge < -0.3 is 5.32 Å². The molecule has 10 heteroatoms. The zero-order valence-electron chi connectivity index (χ0n) is 18.5. The van der Waals surface area contributed by atoms with E-state index in [0.29, 0.717) is 15.6 Å². The highest BCUT2D eigenvalue weighted by Gasteiger charge is 2.28. The standard InChI is InChI=1S/C24H23BrCl2N2O3S2/c1-16(17-4-9-21(33-2)10-5-17)28-24(30)15-29(14-18-3-8-20(26)13-23(18)27)34(31,32)22-11-6-19(25)7-12-22/h3-13,16H,14-15H2,1-2H3,(H,28,30). The maximum atomic E-state index is 13.4. The second kappa shape index (κ2) is 11.9. The Morgan fingerprint density at radius 2 is 1.71 bits per heavy atom. The summed E-state index contributed by atoms with van der Waals surface area (Å²) in [5.74, 6) is -0.424. The molecule has 1 unspecified atom stereocenters. The van der Waals surface area contributed by atoms with Crippen molar-refractivity contribution >= 4 is 66.8 Å². The number of nitrogens with one attached hydrogen (secondary N) is 1. The minimum absolute atomic E-state index is 0.0780. The summed E-state index contributed by atoms with van der Waals surface area (Å²) in [6, 6.07) is 18.7. The van der Waals surface area contributed by atoms with Gasteiger partial charge in [0, 0.05) is 26.0 Å². The van der Waals surface area contributed by atoms with Crippen molar-refractivity contribution in [2.24, 2.45) is 0 Å². The highest BCUT2D eigenvalue weighted by Crippen LogP contribution is 2.26. The molecule has 0 aromatic heterocycles. The number of benzene rings is 3. The lowest BCUT2D eigenvalue weighted by Gasteiger charge is -2.24. The number of hydrogen-bond donors (Lipinski definition) is 1. The second-order valence-corrected chi connectivity index (χ2v) is 12.1. The molecular weight excluding hydrogens is 579 g/mol. The fraction of sp³-hybridized carbons (Fsp3) is 0.208. The van der Waals surface area contributed by atoms with E-state index in [1.807, 2.05) is 37.4 Å². The summed E-state index contributed by atoms with van der Waals surface area (Å²) in [4.78, 5) is 14.1. The van der Waals surface area contributed by atoms with E-state index in [0.717, 1.165) is 19.2 Å². The van der Waals surface area contributed by atoms with E-state index in [1.54, 1.807) is 42.1 Å². The quantitative estimate of drug-likeness (QED) is 0.283. The molecule has 3 aromatic rings. The maximum Gasteiger partial charge on any atom is 0.243 e. The van der Waals surface area contributed by atoms with Gasteiger partial charge in [-0.1, -0.05) is 57.3 Å². The van der Waals surface area contributed by atoms with Crippen LogP contribution in [0, 0.1) is 0 Å². The van der Waals surface area contributed by atoms with Crippen LogP contribution in [0.3, 0.4) is 0 Å². The number of carbonyl (C=O) groups is 1. The van der Waals surface area contributed by atoms with E-state index in [1.165, 1.54) is 12.1 Å². The molecule has 0 bridgehead atoms. The Bertz CT molecular complexity index is 1250. The minimum atomic E-state index is -3.99. The summed E-state index contributed by atoms with van der Waals surface area (Å²) in [7, 11) is -3.99. The molecule has 1 atom stereocenters. The smallest absolute Gasteiger partial charge is 0.243 e. The zero-order chi connectivity index (χ0) is 24.9. The van der Waals surface area contributed by atoms with Crippen LogP contribution in [-0.2, 0) is 21.4 Å². The molecule has 34 heavy (non-hydrogen) atoms. The summed E-state index contributed by atoms with van der Waals surface area (Å²) in [5, 5.41) is 3.66. The van der Waals surface area contributed by atoms with Crippen LogP contribution < -0.4 is 5.32 Å². The van der Waals surface area contributed by atoms with Crippen molar-refractivity contribution in [2.45, 2.75) is 29.3 Å². The van der Waals surface area contributed by atoms with Crippen molar-refractivity contribution in [3.8, 4) is 0 Å². The van der Waals surface area contributed by atoms with Gasteiger partial charge in [0.05, 0.1) is 17.5 Å². The molecule has 3 aromatic carbocycles. The number of halogens is 3. The van der Waals surface area contributed by atoms with Gasteiger partial charge in [0.15, 0.2) is 0 Å². The molecule has 0 aliphatic rings. The Kier molecular flexibility index (Phi) is 9.49. The maximum absolute atomic E-state index is 13.4. The molecule has 0 aliphatic carbocycles. The first kappa shape index (κ1) is 27.0. The van der Waals surface area contributed by atoms with Gasteiger partial charge in [-0.2, -0.15) is 4.31 Å². The predicted molar refractivity (Wildman–Crippen MR) is 143 cm³/mol. The van der Waals surface area contributed by atoms with E-state index in [-0.39, 0.29) is 24.0 Å². The van der Waals surface area contributed by atoms with Gasteiger partial charge in [0.2, 0.25) is 15.9 Å². The van der Waals surface area contributed by atoms with Crippen molar-refractivity contribution in [1.29, 1.82) is 0 Å². The van der Waals surface area contributed by atoms with Gasteiger partial charge in [-0.05, 0) is 72.8 Å². The van der Waals surface area contributed by atoms with E-state index in [2.05, 4.69) is 21.2 Å². The molecule has 0 aliphatic heterocycles. The van der Waals surface area contributed by atoms with Crippen molar-refractivity contribution in [1.82, 2.24) is 9.62 Å². The minimum Gasteiger partial charge on any atom is -0.348 e. The summed E-state index contributed by atoms with van der Waals surface area (Å²) >= 11 is 17.2. The van der Waals surface area contributed by atoms with Crippen LogP contribution in [0.1, 0.15) is 24.1 Å². The first-order valence-electron chi connectivity index (χ1n) is 10.2. The predicted octanol–water partition coefficient (Wildman–Crippen LogP) is 6.55. The summed E-state index contributed by atoms with van der Waals surface area (Å²) in [6.07, 6.45) is 1.99. The largest absolute Gasteiger partial charge is 0.348 e. The molecule has 180 valence electrons. The monoisotopic (exact) mass is 600 g/mol. The Morgan fingerprint density at radius 3 is 2.29 bits per heavy atom. The summed E-state index contributed by atoms with van der Waals surface area (Å²) < 4.78 is 28.8. The summed E-state index contributed by atoms with van der Waals surface area (Å²) in [6.45, 7) is 1.40. The van der Waals surface area contributed by atoms with Gasteiger partial charge >= 0.3 is 0 Å². The van der Waals surface area contributed by atoms with Crippen molar-refractivity contribution in [3.05, 3.63) is 92.4 Å². The zero-order valence-corrected chi connectivity index (χ0v) is 23.2. The molecule has 3 rings (SSSR count). The lowest BCUT2D eigenvalue weighted by molar-refractivity contribution is -0.122. The van der Waals surface area contributed by atoms with Crippen LogP contribution in [0.25, 0.3) is 0 Å². The van der Waals surface area contributed by atoms with Crippen molar-refractivity contribution < 1.29 is 13.2 Å². The number of amides is 1. The number of thioether (sulfide) groups is 1. The van der Waals surface area contributed by atoms with Crippen molar-refractivity contribution in [2.75, 3.05) is 12.8 Å². The number of nitrogens with zero attached hydrogens (tertiary/aromatic N) is 1. The highest BCUT2D eigenvalue weighted by atomic mass is 79.9. The molecule has 0 spiro atoms. The van der Waals surface area contributed by atoms with Crippen LogP contribution in [0.4, 0.5) is 0 Å². The van der Waals surface area contributed by atoms with Gasteiger partial charge in [-0.3, -0.25) is 4.79 Å². The topological polar surface area (TPSA) is 66.5 Å². The third-order valence-electron chi connectivity index (χ3n) is 5.13. The first-order valence-corrected chi connectivity index (χ1v) is 14.4. The SMILES string of the molecule is CSc1ccc(C(C)NC(=O)CN(Cc2ccc(Cl)cc2Cl)S(=O)(=O)c2ccc(Br)cc2)cc1. The van der Waals surface area contributed by atoms with Crippen LogP contribution >= 0.6 is 50.9 Å². The molecule has 1 amide bonds. The summed E-state index contributed by atoms with van der Waals surface area (Å²) in [5.41, 5.74) is 1.47. The van der Waals surface area contributed by atoms with E-state index in [9.17, 15) is 13.2 Å². The second-order valence-electron chi connectivity index (χ2n) is 7.53. The Labute approximate surface area is 223 Å².